The smallest absolute Gasteiger partial charge is 0.317 e. The van der Waals surface area contributed by atoms with E-state index < -0.39 is 0 Å². The first-order valence-corrected chi connectivity index (χ1v) is 10.9. The molecule has 1 atom stereocenters. The van der Waals surface area contributed by atoms with Gasteiger partial charge in [-0.15, -0.1) is 0 Å². The van der Waals surface area contributed by atoms with Crippen molar-refractivity contribution in [1.29, 1.82) is 0 Å². The molecule has 160 valence electrons. The molecule has 6 heteroatoms. The van der Waals surface area contributed by atoms with Gasteiger partial charge in [0.25, 0.3) is 5.91 Å². The van der Waals surface area contributed by atoms with E-state index in [9.17, 15) is 9.59 Å². The second-order valence-electron chi connectivity index (χ2n) is 7.98. The van der Waals surface area contributed by atoms with Crippen LogP contribution < -0.4 is 10.6 Å². The van der Waals surface area contributed by atoms with Gasteiger partial charge in [0.05, 0.1) is 0 Å². The lowest BCUT2D eigenvalue weighted by Gasteiger charge is -2.17. The Hall–Kier alpha value is -2.89. The largest absolute Gasteiger partial charge is 0.348 e. The first-order valence-electron chi connectivity index (χ1n) is 10.9. The highest BCUT2D eigenvalue weighted by Gasteiger charge is 2.26. The van der Waals surface area contributed by atoms with Gasteiger partial charge in [-0.25, -0.2) is 4.79 Å². The first kappa shape index (κ1) is 21.8. The van der Waals surface area contributed by atoms with Crippen LogP contribution in [0.2, 0.25) is 0 Å². The van der Waals surface area contributed by atoms with Gasteiger partial charge >= 0.3 is 6.03 Å². The molecular weight excluding hydrogens is 376 g/mol. The molecule has 1 saturated heterocycles. The van der Waals surface area contributed by atoms with Crippen LogP contribution in [-0.2, 0) is 13.0 Å². The van der Waals surface area contributed by atoms with Gasteiger partial charge in [-0.2, -0.15) is 0 Å². The van der Waals surface area contributed by atoms with Crippen LogP contribution in [0, 0.1) is 5.92 Å². The number of nitrogens with zero attached hydrogens (tertiary/aromatic N) is 2. The number of amides is 3. The van der Waals surface area contributed by atoms with Crippen molar-refractivity contribution in [3.63, 3.8) is 0 Å². The molecule has 2 heterocycles. The number of aromatic nitrogens is 1. The number of likely N-dealkylation sites (tertiary alicyclic amines) is 1. The Balaban J connectivity index is 1.42. The van der Waals surface area contributed by atoms with Crippen LogP contribution in [0.15, 0.2) is 48.8 Å². The monoisotopic (exact) mass is 408 g/mol. The topological polar surface area (TPSA) is 74.3 Å². The van der Waals surface area contributed by atoms with Crippen LogP contribution in [0.25, 0.3) is 0 Å². The number of pyridine rings is 1. The summed E-state index contributed by atoms with van der Waals surface area (Å²) >= 11 is 0. The molecule has 30 heavy (non-hydrogen) atoms. The Bertz CT molecular complexity index is 808. The number of rotatable bonds is 9. The van der Waals surface area contributed by atoms with Crippen molar-refractivity contribution in [2.24, 2.45) is 5.92 Å². The highest BCUT2D eigenvalue weighted by Crippen LogP contribution is 2.21. The normalized spacial score (nSPS) is 15.8. The molecule has 2 N–H and O–H groups in total. The average molecular weight is 409 g/mol. The van der Waals surface area contributed by atoms with Crippen molar-refractivity contribution in [1.82, 2.24) is 20.5 Å². The molecule has 0 bridgehead atoms. The van der Waals surface area contributed by atoms with Gasteiger partial charge in [0, 0.05) is 44.1 Å². The van der Waals surface area contributed by atoms with E-state index in [1.807, 2.05) is 41.3 Å². The maximum Gasteiger partial charge on any atom is 0.317 e. The lowest BCUT2D eigenvalue weighted by molar-refractivity contribution is 0.0951. The predicted molar refractivity (Wildman–Crippen MR) is 118 cm³/mol. The Morgan fingerprint density at radius 2 is 1.93 bits per heavy atom. The van der Waals surface area contributed by atoms with Gasteiger partial charge < -0.3 is 15.5 Å². The predicted octanol–water partition coefficient (Wildman–Crippen LogP) is 3.78. The molecular formula is C24H32N4O2. The molecule has 2 aromatic rings. The van der Waals surface area contributed by atoms with Gasteiger partial charge in [-0.05, 0) is 54.5 Å². The fourth-order valence-corrected chi connectivity index (χ4v) is 3.78. The second kappa shape index (κ2) is 11.3. The number of unbranched alkanes of at least 4 members (excludes halogenated alkanes) is 2. The summed E-state index contributed by atoms with van der Waals surface area (Å²) < 4.78 is 0. The number of urea groups is 1. The van der Waals surface area contributed by atoms with Crippen molar-refractivity contribution >= 4 is 11.9 Å². The number of carbonyl (C=O) groups excluding carboxylic acids is 2. The molecule has 1 aliphatic heterocycles. The molecule has 0 saturated carbocycles. The third-order valence-corrected chi connectivity index (χ3v) is 5.55. The van der Waals surface area contributed by atoms with Gasteiger partial charge in [-0.3, -0.25) is 9.78 Å². The summed E-state index contributed by atoms with van der Waals surface area (Å²) in [7, 11) is 0. The van der Waals surface area contributed by atoms with Crippen molar-refractivity contribution in [2.45, 2.75) is 45.6 Å². The lowest BCUT2D eigenvalue weighted by atomic mass is 9.98. The highest BCUT2D eigenvalue weighted by molar-refractivity contribution is 5.94. The quantitative estimate of drug-likeness (QED) is 0.620. The van der Waals surface area contributed by atoms with Crippen LogP contribution in [-0.4, -0.2) is 41.5 Å². The Kier molecular flexibility index (Phi) is 8.24. The van der Waals surface area contributed by atoms with Gasteiger partial charge in [0.1, 0.15) is 0 Å². The Morgan fingerprint density at radius 3 is 2.67 bits per heavy atom. The summed E-state index contributed by atoms with van der Waals surface area (Å²) in [6, 6.07) is 11.7. The fourth-order valence-electron chi connectivity index (χ4n) is 3.78. The molecule has 0 radical (unpaired) electrons. The standard InChI is InChI=1S/C24H32N4O2/c1-2-3-4-13-26-24(30)28-14-11-20(18-28)15-19-7-9-22(10-8-19)23(29)27-17-21-6-5-12-25-16-21/h5-10,12,16,20H,2-4,11,13-15,17-18H2,1H3,(H,26,30)(H,27,29). The van der Waals surface area contributed by atoms with Crippen molar-refractivity contribution in [2.75, 3.05) is 19.6 Å². The summed E-state index contributed by atoms with van der Waals surface area (Å²) in [4.78, 5) is 30.6. The molecule has 1 aliphatic rings. The molecule has 1 aromatic carbocycles. The minimum Gasteiger partial charge on any atom is -0.348 e. The summed E-state index contributed by atoms with van der Waals surface area (Å²) in [5, 5.41) is 5.95. The number of benzene rings is 1. The van der Waals surface area contributed by atoms with E-state index in [2.05, 4.69) is 22.5 Å². The molecule has 1 fully saturated rings. The number of hydrogen-bond donors (Lipinski definition) is 2. The van der Waals surface area contributed by atoms with Gasteiger partial charge in [0.15, 0.2) is 0 Å². The maximum atomic E-state index is 12.3. The van der Waals surface area contributed by atoms with E-state index in [4.69, 9.17) is 0 Å². The van der Waals surface area contributed by atoms with Crippen LogP contribution in [0.4, 0.5) is 4.79 Å². The fraction of sp³-hybridized carbons (Fsp3) is 0.458. The molecule has 0 spiro atoms. The second-order valence-corrected chi connectivity index (χ2v) is 7.98. The van der Waals surface area contributed by atoms with Gasteiger partial charge in [0.2, 0.25) is 0 Å². The Morgan fingerprint density at radius 1 is 1.10 bits per heavy atom. The van der Waals surface area contributed by atoms with Crippen LogP contribution >= 0.6 is 0 Å². The van der Waals surface area contributed by atoms with Crippen molar-refractivity contribution < 1.29 is 9.59 Å². The first-order chi connectivity index (χ1) is 14.7. The third kappa shape index (κ3) is 6.58. The summed E-state index contributed by atoms with van der Waals surface area (Å²) in [5.41, 5.74) is 2.83. The number of hydrogen-bond acceptors (Lipinski definition) is 3. The van der Waals surface area contributed by atoms with Crippen LogP contribution in [0.3, 0.4) is 0 Å². The molecule has 1 aromatic heterocycles. The zero-order chi connectivity index (χ0) is 21.2. The lowest BCUT2D eigenvalue weighted by Crippen LogP contribution is -2.39. The minimum atomic E-state index is -0.0859. The third-order valence-electron chi connectivity index (χ3n) is 5.55. The zero-order valence-electron chi connectivity index (χ0n) is 17.8. The summed E-state index contributed by atoms with van der Waals surface area (Å²) in [6.07, 6.45) is 8.77. The number of nitrogens with one attached hydrogen (secondary N) is 2. The molecule has 3 amide bonds. The SMILES string of the molecule is CCCCCNC(=O)N1CCC(Cc2ccc(C(=O)NCc3cccnc3)cc2)C1. The van der Waals surface area contributed by atoms with Crippen LogP contribution in [0.1, 0.15) is 54.1 Å². The molecule has 3 rings (SSSR count). The minimum absolute atomic E-state index is 0.0641. The molecule has 6 nitrogen and oxygen atoms in total. The van der Waals surface area contributed by atoms with E-state index in [-0.39, 0.29) is 11.9 Å². The molecule has 1 unspecified atom stereocenters. The average Bonchev–Trinajstić information content (AvgIpc) is 3.25. The van der Waals surface area contributed by atoms with Crippen molar-refractivity contribution in [3.8, 4) is 0 Å². The van der Waals surface area contributed by atoms with E-state index in [1.165, 1.54) is 5.56 Å². The van der Waals surface area contributed by atoms with E-state index in [1.54, 1.807) is 12.4 Å². The van der Waals surface area contributed by atoms with E-state index >= 15 is 0 Å². The maximum absolute atomic E-state index is 12.3. The molecule has 0 aliphatic carbocycles. The van der Waals surface area contributed by atoms with E-state index in [0.717, 1.165) is 57.3 Å². The van der Waals surface area contributed by atoms with Crippen molar-refractivity contribution in [3.05, 3.63) is 65.5 Å². The van der Waals surface area contributed by atoms with Gasteiger partial charge in [-0.1, -0.05) is 38.0 Å². The number of carbonyl (C=O) groups is 2. The zero-order valence-corrected chi connectivity index (χ0v) is 17.8. The highest BCUT2D eigenvalue weighted by atomic mass is 16.2. The van der Waals surface area contributed by atoms with E-state index in [0.29, 0.717) is 18.0 Å². The summed E-state index contributed by atoms with van der Waals surface area (Å²) in [5.74, 6) is 0.383. The van der Waals surface area contributed by atoms with Crippen LogP contribution in [0.5, 0.6) is 0 Å². The summed E-state index contributed by atoms with van der Waals surface area (Å²) in [6.45, 7) is 5.01. The Labute approximate surface area is 179 Å².